The summed E-state index contributed by atoms with van der Waals surface area (Å²) in [6, 6.07) is 5.50. The van der Waals surface area contributed by atoms with Crippen molar-refractivity contribution in [1.82, 2.24) is 10.2 Å². The summed E-state index contributed by atoms with van der Waals surface area (Å²) in [6.07, 6.45) is 2.97. The Balaban J connectivity index is 1.89. The summed E-state index contributed by atoms with van der Waals surface area (Å²) in [5, 5.41) is 7.91. The fourth-order valence-corrected chi connectivity index (χ4v) is 3.99. The zero-order chi connectivity index (χ0) is 16.7. The van der Waals surface area contributed by atoms with Gasteiger partial charge in [-0.15, -0.1) is 0 Å². The number of carbonyl (C=O) groups excluding carboxylic acids is 2. The SMILES string of the molecule is NS(=O)(=O)c1ccc(C(=O)N2CCCC23CCCNC3=O)cc1. The molecule has 3 N–H and O–H groups in total. The number of nitrogens with one attached hydrogen (secondary N) is 1. The molecule has 124 valence electrons. The zero-order valence-electron chi connectivity index (χ0n) is 12.6. The van der Waals surface area contributed by atoms with Crippen LogP contribution in [-0.4, -0.2) is 43.8 Å². The van der Waals surface area contributed by atoms with Crippen molar-refractivity contribution in [2.24, 2.45) is 5.14 Å². The van der Waals surface area contributed by atoms with E-state index in [0.717, 1.165) is 12.8 Å². The minimum Gasteiger partial charge on any atom is -0.354 e. The number of hydrogen-bond acceptors (Lipinski definition) is 4. The predicted molar refractivity (Wildman–Crippen MR) is 83.1 cm³/mol. The number of piperidine rings is 1. The number of carbonyl (C=O) groups is 2. The van der Waals surface area contributed by atoms with Gasteiger partial charge in [-0.25, -0.2) is 13.6 Å². The van der Waals surface area contributed by atoms with E-state index in [4.69, 9.17) is 5.14 Å². The average Bonchev–Trinajstić information content (AvgIpc) is 2.93. The Hall–Kier alpha value is -1.93. The Labute approximate surface area is 134 Å². The Bertz CT molecular complexity index is 744. The molecule has 0 saturated carbocycles. The third-order valence-corrected chi connectivity index (χ3v) is 5.57. The van der Waals surface area contributed by atoms with Gasteiger partial charge in [-0.3, -0.25) is 9.59 Å². The second-order valence-electron chi connectivity index (χ2n) is 6.02. The highest BCUT2D eigenvalue weighted by molar-refractivity contribution is 7.89. The van der Waals surface area contributed by atoms with Gasteiger partial charge in [-0.05, 0) is 49.9 Å². The first-order valence-electron chi connectivity index (χ1n) is 7.58. The van der Waals surface area contributed by atoms with Gasteiger partial charge in [0.1, 0.15) is 5.54 Å². The fourth-order valence-electron chi connectivity index (χ4n) is 3.47. The Morgan fingerprint density at radius 2 is 1.83 bits per heavy atom. The lowest BCUT2D eigenvalue weighted by Crippen LogP contribution is -2.60. The Kier molecular flexibility index (Phi) is 3.89. The molecule has 7 nitrogen and oxygen atoms in total. The molecule has 8 heteroatoms. The van der Waals surface area contributed by atoms with E-state index >= 15 is 0 Å². The number of hydrogen-bond donors (Lipinski definition) is 2. The van der Waals surface area contributed by atoms with Crippen LogP contribution in [0.2, 0.25) is 0 Å². The summed E-state index contributed by atoms with van der Waals surface area (Å²) in [6.45, 7) is 1.18. The highest BCUT2D eigenvalue weighted by atomic mass is 32.2. The van der Waals surface area contributed by atoms with Crippen LogP contribution in [0.1, 0.15) is 36.0 Å². The van der Waals surface area contributed by atoms with Gasteiger partial charge in [-0.1, -0.05) is 0 Å². The van der Waals surface area contributed by atoms with Gasteiger partial charge < -0.3 is 10.2 Å². The van der Waals surface area contributed by atoms with E-state index in [1.165, 1.54) is 24.3 Å². The van der Waals surface area contributed by atoms with Crippen LogP contribution in [0.5, 0.6) is 0 Å². The van der Waals surface area contributed by atoms with Gasteiger partial charge >= 0.3 is 0 Å². The van der Waals surface area contributed by atoms with E-state index in [1.807, 2.05) is 0 Å². The van der Waals surface area contributed by atoms with Crippen LogP contribution < -0.4 is 10.5 Å². The molecule has 0 aliphatic carbocycles. The molecule has 1 aromatic rings. The summed E-state index contributed by atoms with van der Waals surface area (Å²) in [5.74, 6) is -0.337. The van der Waals surface area contributed by atoms with Gasteiger partial charge in [0.05, 0.1) is 4.90 Å². The number of amides is 2. The number of nitrogens with zero attached hydrogens (tertiary/aromatic N) is 1. The number of rotatable bonds is 2. The van der Waals surface area contributed by atoms with Crippen LogP contribution in [0.15, 0.2) is 29.2 Å². The summed E-state index contributed by atoms with van der Waals surface area (Å²) in [7, 11) is -3.79. The van der Waals surface area contributed by atoms with Crippen LogP contribution in [0.3, 0.4) is 0 Å². The molecule has 2 heterocycles. The molecule has 0 bridgehead atoms. The normalized spacial score (nSPS) is 24.7. The minimum atomic E-state index is -3.79. The number of benzene rings is 1. The maximum Gasteiger partial charge on any atom is 0.254 e. The topological polar surface area (TPSA) is 110 Å². The van der Waals surface area contributed by atoms with Crippen molar-refractivity contribution in [1.29, 1.82) is 0 Å². The van der Waals surface area contributed by atoms with Crippen LogP contribution in [0.25, 0.3) is 0 Å². The number of primary sulfonamides is 1. The number of likely N-dealkylation sites (tertiary alicyclic amines) is 1. The van der Waals surface area contributed by atoms with Crippen molar-refractivity contribution in [2.75, 3.05) is 13.1 Å². The molecule has 1 spiro atoms. The molecule has 0 radical (unpaired) electrons. The molecule has 2 aliphatic heterocycles. The van der Waals surface area contributed by atoms with Crippen molar-refractivity contribution in [3.05, 3.63) is 29.8 Å². The van der Waals surface area contributed by atoms with Gasteiger partial charge in [0.2, 0.25) is 15.9 Å². The lowest BCUT2D eigenvalue weighted by atomic mass is 9.86. The minimum absolute atomic E-state index is 0.0411. The standard InChI is InChI=1S/C15H19N3O4S/c16-23(21,22)12-5-3-11(4-6-12)13(19)18-10-2-8-15(18)7-1-9-17-14(15)20/h3-6H,1-2,7-10H2,(H,17,20)(H2,16,21,22). The van der Waals surface area contributed by atoms with Gasteiger partial charge in [0.15, 0.2) is 0 Å². The molecular weight excluding hydrogens is 318 g/mol. The first-order valence-corrected chi connectivity index (χ1v) is 9.12. The highest BCUT2D eigenvalue weighted by Crippen LogP contribution is 2.36. The molecule has 0 aromatic heterocycles. The molecule has 1 atom stereocenters. The lowest BCUT2D eigenvalue weighted by molar-refractivity contribution is -0.133. The van der Waals surface area contributed by atoms with Crippen molar-refractivity contribution in [3.63, 3.8) is 0 Å². The van der Waals surface area contributed by atoms with Gasteiger partial charge in [-0.2, -0.15) is 0 Å². The molecule has 1 aromatic carbocycles. The maximum absolute atomic E-state index is 12.8. The Morgan fingerprint density at radius 3 is 2.43 bits per heavy atom. The quantitative estimate of drug-likeness (QED) is 0.804. The molecule has 3 rings (SSSR count). The summed E-state index contributed by atoms with van der Waals surface area (Å²) < 4.78 is 22.6. The summed E-state index contributed by atoms with van der Waals surface area (Å²) >= 11 is 0. The van der Waals surface area contributed by atoms with Gasteiger partial charge in [0, 0.05) is 18.7 Å². The average molecular weight is 337 g/mol. The maximum atomic E-state index is 12.8. The second-order valence-corrected chi connectivity index (χ2v) is 7.58. The monoisotopic (exact) mass is 337 g/mol. The largest absolute Gasteiger partial charge is 0.354 e. The molecule has 2 saturated heterocycles. The highest BCUT2D eigenvalue weighted by Gasteiger charge is 2.50. The van der Waals surface area contributed by atoms with Crippen molar-refractivity contribution in [2.45, 2.75) is 36.1 Å². The van der Waals surface area contributed by atoms with Crippen LogP contribution >= 0.6 is 0 Å². The zero-order valence-corrected chi connectivity index (χ0v) is 13.4. The van der Waals surface area contributed by atoms with Crippen molar-refractivity contribution >= 4 is 21.8 Å². The third kappa shape index (κ3) is 2.72. The van der Waals surface area contributed by atoms with Crippen LogP contribution in [-0.2, 0) is 14.8 Å². The van der Waals surface area contributed by atoms with Crippen molar-refractivity contribution < 1.29 is 18.0 Å². The fraction of sp³-hybridized carbons (Fsp3) is 0.467. The number of sulfonamides is 1. The molecule has 23 heavy (non-hydrogen) atoms. The first kappa shape index (κ1) is 15.9. The third-order valence-electron chi connectivity index (χ3n) is 4.64. The molecule has 2 amide bonds. The molecule has 2 fully saturated rings. The summed E-state index contributed by atoms with van der Waals surface area (Å²) in [4.78, 5) is 26.7. The van der Waals surface area contributed by atoms with E-state index < -0.39 is 15.6 Å². The molecule has 1 unspecified atom stereocenters. The Morgan fingerprint density at radius 1 is 1.17 bits per heavy atom. The molecular formula is C15H19N3O4S. The van der Waals surface area contributed by atoms with E-state index in [2.05, 4.69) is 5.32 Å². The number of nitrogens with two attached hydrogens (primary N) is 1. The van der Waals surface area contributed by atoms with E-state index in [1.54, 1.807) is 4.90 Å². The second kappa shape index (κ2) is 5.61. The lowest BCUT2D eigenvalue weighted by Gasteiger charge is -2.40. The van der Waals surface area contributed by atoms with E-state index in [9.17, 15) is 18.0 Å². The first-order chi connectivity index (χ1) is 10.8. The van der Waals surface area contributed by atoms with Crippen LogP contribution in [0, 0.1) is 0 Å². The van der Waals surface area contributed by atoms with Gasteiger partial charge in [0.25, 0.3) is 5.91 Å². The smallest absolute Gasteiger partial charge is 0.254 e. The van der Waals surface area contributed by atoms with E-state index in [-0.39, 0.29) is 16.7 Å². The van der Waals surface area contributed by atoms with Crippen molar-refractivity contribution in [3.8, 4) is 0 Å². The summed E-state index contributed by atoms with van der Waals surface area (Å²) in [5.41, 5.74) is -0.398. The van der Waals surface area contributed by atoms with Crippen LogP contribution in [0.4, 0.5) is 0 Å². The molecule has 2 aliphatic rings. The predicted octanol–water partition coefficient (Wildman–Crippen LogP) is 0.219. The van der Waals surface area contributed by atoms with E-state index in [0.29, 0.717) is 31.5 Å².